The van der Waals surface area contributed by atoms with Crippen molar-refractivity contribution in [2.24, 2.45) is 0 Å². The molecule has 1 heterocycles. The number of hydrogen-bond acceptors (Lipinski definition) is 4. The van der Waals surface area contributed by atoms with Gasteiger partial charge in [-0.05, 0) is 29.8 Å². The van der Waals surface area contributed by atoms with Crippen LogP contribution >= 0.6 is 0 Å². The summed E-state index contributed by atoms with van der Waals surface area (Å²) in [5.74, 6) is 1.36. The molecule has 0 fully saturated rings. The Balaban J connectivity index is 2.37. The first-order chi connectivity index (χ1) is 8.78. The predicted molar refractivity (Wildman–Crippen MR) is 68.7 cm³/mol. The number of methoxy groups -OCH3 is 2. The molecular formula is C14H15NO3. The highest BCUT2D eigenvalue weighted by Gasteiger charge is 2.06. The first-order valence-corrected chi connectivity index (χ1v) is 5.56. The fourth-order valence-corrected chi connectivity index (χ4v) is 1.68. The normalized spacial score (nSPS) is 10.2. The highest BCUT2D eigenvalue weighted by molar-refractivity contribution is 5.63. The van der Waals surface area contributed by atoms with E-state index < -0.39 is 0 Å². The molecule has 4 heteroatoms. The van der Waals surface area contributed by atoms with E-state index in [1.54, 1.807) is 20.4 Å². The number of benzene rings is 1. The van der Waals surface area contributed by atoms with Gasteiger partial charge in [0.05, 0.1) is 26.5 Å². The lowest BCUT2D eigenvalue weighted by molar-refractivity contribution is 0.281. The molecule has 4 nitrogen and oxygen atoms in total. The average molecular weight is 245 g/mol. The molecule has 0 unspecified atom stereocenters. The summed E-state index contributed by atoms with van der Waals surface area (Å²) in [6.45, 7) is -0.000780. The lowest BCUT2D eigenvalue weighted by Crippen LogP contribution is -1.92. The summed E-state index contributed by atoms with van der Waals surface area (Å²) in [7, 11) is 3.20. The second kappa shape index (κ2) is 5.51. The number of ether oxygens (including phenoxy) is 2. The van der Waals surface area contributed by atoms with Gasteiger partial charge in [-0.25, -0.2) is 0 Å². The molecule has 0 amide bonds. The first-order valence-electron chi connectivity index (χ1n) is 5.56. The molecule has 2 rings (SSSR count). The number of hydrogen-bond donors (Lipinski definition) is 1. The fourth-order valence-electron chi connectivity index (χ4n) is 1.68. The van der Waals surface area contributed by atoms with Crippen LogP contribution < -0.4 is 9.47 Å². The lowest BCUT2D eigenvalue weighted by Gasteiger charge is -2.09. The van der Waals surface area contributed by atoms with Gasteiger partial charge < -0.3 is 14.6 Å². The van der Waals surface area contributed by atoms with E-state index in [-0.39, 0.29) is 6.61 Å². The molecule has 0 saturated heterocycles. The van der Waals surface area contributed by atoms with Crippen molar-refractivity contribution in [2.75, 3.05) is 14.2 Å². The van der Waals surface area contributed by atoms with Crippen LogP contribution in [0.25, 0.3) is 11.3 Å². The van der Waals surface area contributed by atoms with Crippen LogP contribution in [0.5, 0.6) is 11.5 Å². The molecule has 0 spiro atoms. The van der Waals surface area contributed by atoms with Crippen molar-refractivity contribution < 1.29 is 14.6 Å². The van der Waals surface area contributed by atoms with Gasteiger partial charge in [-0.2, -0.15) is 0 Å². The Bertz CT molecular complexity index is 523. The average Bonchev–Trinajstić information content (AvgIpc) is 2.46. The monoisotopic (exact) mass is 245 g/mol. The number of pyridine rings is 1. The summed E-state index contributed by atoms with van der Waals surface area (Å²) >= 11 is 0. The first kappa shape index (κ1) is 12.4. The van der Waals surface area contributed by atoms with Gasteiger partial charge in [-0.1, -0.05) is 6.07 Å². The molecule has 0 aliphatic heterocycles. The zero-order valence-corrected chi connectivity index (χ0v) is 10.4. The van der Waals surface area contributed by atoms with Crippen molar-refractivity contribution in [3.63, 3.8) is 0 Å². The van der Waals surface area contributed by atoms with Crippen molar-refractivity contribution >= 4 is 0 Å². The maximum Gasteiger partial charge on any atom is 0.161 e. The molecule has 0 radical (unpaired) electrons. The Labute approximate surface area is 106 Å². The minimum Gasteiger partial charge on any atom is -0.493 e. The highest BCUT2D eigenvalue weighted by atomic mass is 16.5. The van der Waals surface area contributed by atoms with Crippen LogP contribution in [-0.4, -0.2) is 24.3 Å². The number of nitrogens with zero attached hydrogens (tertiary/aromatic N) is 1. The zero-order chi connectivity index (χ0) is 13.0. The second-order valence-corrected chi connectivity index (χ2v) is 3.78. The third-order valence-electron chi connectivity index (χ3n) is 2.69. The van der Waals surface area contributed by atoms with E-state index in [2.05, 4.69) is 4.98 Å². The maximum absolute atomic E-state index is 8.97. The topological polar surface area (TPSA) is 51.6 Å². The molecule has 0 aliphatic carbocycles. The number of rotatable bonds is 4. The van der Waals surface area contributed by atoms with Gasteiger partial charge in [0.1, 0.15) is 0 Å². The fraction of sp³-hybridized carbons (Fsp3) is 0.214. The Morgan fingerprint density at radius 1 is 1.06 bits per heavy atom. The molecule has 0 atom stereocenters. The zero-order valence-electron chi connectivity index (χ0n) is 10.4. The molecule has 0 bridgehead atoms. The third-order valence-corrected chi connectivity index (χ3v) is 2.69. The quantitative estimate of drug-likeness (QED) is 0.897. The summed E-state index contributed by atoms with van der Waals surface area (Å²) < 4.78 is 10.4. The van der Waals surface area contributed by atoms with Crippen molar-refractivity contribution in [3.8, 4) is 22.8 Å². The Hall–Kier alpha value is -2.07. The molecule has 1 aromatic carbocycles. The van der Waals surface area contributed by atoms with Gasteiger partial charge in [0.25, 0.3) is 0 Å². The molecule has 2 aromatic rings. The van der Waals surface area contributed by atoms with Crippen LogP contribution in [0.2, 0.25) is 0 Å². The molecule has 18 heavy (non-hydrogen) atoms. The van der Waals surface area contributed by atoms with Crippen molar-refractivity contribution in [2.45, 2.75) is 6.61 Å². The van der Waals surface area contributed by atoms with Gasteiger partial charge in [0.2, 0.25) is 0 Å². The molecule has 0 saturated carbocycles. The maximum atomic E-state index is 8.97. The van der Waals surface area contributed by atoms with E-state index in [4.69, 9.17) is 14.6 Å². The van der Waals surface area contributed by atoms with Crippen LogP contribution in [0.4, 0.5) is 0 Å². The summed E-state index contributed by atoms with van der Waals surface area (Å²) in [6, 6.07) is 9.35. The van der Waals surface area contributed by atoms with E-state index >= 15 is 0 Å². The SMILES string of the molecule is COc1ccc(-c2ccc(CO)cn2)cc1OC. The van der Waals surface area contributed by atoms with Gasteiger partial charge in [0, 0.05) is 11.8 Å². The Morgan fingerprint density at radius 3 is 2.39 bits per heavy atom. The summed E-state index contributed by atoms with van der Waals surface area (Å²) in [5, 5.41) is 8.97. The smallest absolute Gasteiger partial charge is 0.161 e. The van der Waals surface area contributed by atoms with Gasteiger partial charge in [-0.15, -0.1) is 0 Å². The largest absolute Gasteiger partial charge is 0.493 e. The van der Waals surface area contributed by atoms with E-state index in [9.17, 15) is 0 Å². The Morgan fingerprint density at radius 2 is 1.83 bits per heavy atom. The minimum atomic E-state index is -0.000780. The number of aliphatic hydroxyl groups excluding tert-OH is 1. The summed E-state index contributed by atoms with van der Waals surface area (Å²) in [4.78, 5) is 4.29. The van der Waals surface area contributed by atoms with E-state index in [1.165, 1.54) is 0 Å². The van der Waals surface area contributed by atoms with E-state index in [0.717, 1.165) is 16.8 Å². The number of aliphatic hydroxyl groups is 1. The van der Waals surface area contributed by atoms with Crippen molar-refractivity contribution in [1.82, 2.24) is 4.98 Å². The molecule has 1 aromatic heterocycles. The van der Waals surface area contributed by atoms with Gasteiger partial charge in [-0.3, -0.25) is 4.98 Å². The highest BCUT2D eigenvalue weighted by Crippen LogP contribution is 2.31. The summed E-state index contributed by atoms with van der Waals surface area (Å²) in [5.41, 5.74) is 2.56. The molecule has 0 aliphatic rings. The number of aromatic nitrogens is 1. The van der Waals surface area contributed by atoms with E-state index in [0.29, 0.717) is 11.5 Å². The minimum absolute atomic E-state index is 0.000780. The summed E-state index contributed by atoms with van der Waals surface area (Å²) in [6.07, 6.45) is 1.66. The molecule has 94 valence electrons. The van der Waals surface area contributed by atoms with Crippen LogP contribution in [0, 0.1) is 0 Å². The predicted octanol–water partition coefficient (Wildman–Crippen LogP) is 2.26. The van der Waals surface area contributed by atoms with Crippen LogP contribution in [0.1, 0.15) is 5.56 Å². The van der Waals surface area contributed by atoms with Crippen LogP contribution in [-0.2, 0) is 6.61 Å². The lowest BCUT2D eigenvalue weighted by atomic mass is 10.1. The van der Waals surface area contributed by atoms with Gasteiger partial charge in [0.15, 0.2) is 11.5 Å². The van der Waals surface area contributed by atoms with Gasteiger partial charge >= 0.3 is 0 Å². The Kier molecular flexibility index (Phi) is 3.79. The van der Waals surface area contributed by atoms with E-state index in [1.807, 2.05) is 30.3 Å². The third kappa shape index (κ3) is 2.43. The second-order valence-electron chi connectivity index (χ2n) is 3.78. The molecular weight excluding hydrogens is 230 g/mol. The standard InChI is InChI=1S/C14H15NO3/c1-17-13-6-4-11(7-14(13)18-2)12-5-3-10(9-16)8-15-12/h3-8,16H,9H2,1-2H3. The van der Waals surface area contributed by atoms with Crippen molar-refractivity contribution in [3.05, 3.63) is 42.1 Å². The van der Waals surface area contributed by atoms with Crippen LogP contribution in [0.3, 0.4) is 0 Å². The van der Waals surface area contributed by atoms with Crippen molar-refractivity contribution in [1.29, 1.82) is 0 Å². The van der Waals surface area contributed by atoms with Crippen LogP contribution in [0.15, 0.2) is 36.5 Å². The molecule has 1 N–H and O–H groups in total.